The highest BCUT2D eigenvalue weighted by Crippen LogP contribution is 2.49. The van der Waals surface area contributed by atoms with Crippen LogP contribution in [0.3, 0.4) is 0 Å². The van der Waals surface area contributed by atoms with Gasteiger partial charge in [0.25, 0.3) is 0 Å². The van der Waals surface area contributed by atoms with Gasteiger partial charge in [-0.1, -0.05) is 31.9 Å². The minimum absolute atomic E-state index is 0.0474. The molecule has 18 heavy (non-hydrogen) atoms. The van der Waals surface area contributed by atoms with Crippen LogP contribution in [0.2, 0.25) is 0 Å². The molecule has 2 aliphatic rings. The van der Waals surface area contributed by atoms with Gasteiger partial charge in [0.2, 0.25) is 0 Å². The van der Waals surface area contributed by atoms with Crippen molar-refractivity contribution in [2.45, 2.75) is 45.4 Å². The Morgan fingerprint density at radius 3 is 2.67 bits per heavy atom. The lowest BCUT2D eigenvalue weighted by Gasteiger charge is -2.18. The van der Waals surface area contributed by atoms with Gasteiger partial charge in [0.1, 0.15) is 0 Å². The van der Waals surface area contributed by atoms with Crippen molar-refractivity contribution in [3.63, 3.8) is 0 Å². The fourth-order valence-corrected chi connectivity index (χ4v) is 3.72. The Kier molecular flexibility index (Phi) is 4.43. The van der Waals surface area contributed by atoms with E-state index in [1.165, 1.54) is 19.3 Å². The molecule has 2 aliphatic carbocycles. The van der Waals surface area contributed by atoms with E-state index in [1.54, 1.807) is 0 Å². The molecule has 1 saturated carbocycles. The highest BCUT2D eigenvalue weighted by molar-refractivity contribution is 5.13. The van der Waals surface area contributed by atoms with Gasteiger partial charge >= 0.3 is 0 Å². The van der Waals surface area contributed by atoms with Crippen LogP contribution >= 0.6 is 0 Å². The first-order chi connectivity index (χ1) is 8.76. The normalized spacial score (nSPS) is 34.2. The van der Waals surface area contributed by atoms with Gasteiger partial charge in [-0.2, -0.15) is 10.5 Å². The Labute approximate surface area is 110 Å². The quantitative estimate of drug-likeness (QED) is 0.521. The van der Waals surface area contributed by atoms with Crippen molar-refractivity contribution in [1.29, 1.82) is 10.5 Å². The fraction of sp³-hybridized carbons (Fsp3) is 0.750. The lowest BCUT2D eigenvalue weighted by molar-refractivity contribution is 0.365. The van der Waals surface area contributed by atoms with Crippen LogP contribution in [0, 0.1) is 52.3 Å². The molecule has 4 unspecified atom stereocenters. The number of hydrogen-bond acceptors (Lipinski definition) is 2. The Balaban J connectivity index is 1.64. The predicted octanol–water partition coefficient (Wildman–Crippen LogP) is 4.06. The van der Waals surface area contributed by atoms with Crippen molar-refractivity contribution in [2.24, 2.45) is 29.6 Å². The van der Waals surface area contributed by atoms with Crippen molar-refractivity contribution in [1.82, 2.24) is 0 Å². The number of allylic oxidation sites excluding steroid dienone is 2. The Bertz CT molecular complexity index is 385. The zero-order valence-electron chi connectivity index (χ0n) is 11.2. The summed E-state index contributed by atoms with van der Waals surface area (Å²) in [5.74, 6) is 3.35. The second kappa shape index (κ2) is 6.05. The molecule has 0 spiro atoms. The van der Waals surface area contributed by atoms with Crippen molar-refractivity contribution >= 4 is 0 Å². The van der Waals surface area contributed by atoms with Gasteiger partial charge in [0.05, 0.1) is 24.5 Å². The van der Waals surface area contributed by atoms with E-state index < -0.39 is 0 Å². The average Bonchev–Trinajstić information content (AvgIpc) is 2.88. The molecule has 0 aromatic carbocycles. The summed E-state index contributed by atoms with van der Waals surface area (Å²) in [6.07, 6.45) is 11.1. The molecule has 2 bridgehead atoms. The summed E-state index contributed by atoms with van der Waals surface area (Å²) >= 11 is 0. The number of hydrogen-bond donors (Lipinski definition) is 0. The number of unbranched alkanes of at least 4 members (excludes halogenated alkanes) is 1. The summed E-state index contributed by atoms with van der Waals surface area (Å²) in [5, 5.41) is 17.5. The third kappa shape index (κ3) is 2.75. The van der Waals surface area contributed by atoms with Gasteiger partial charge in [-0.15, -0.1) is 0 Å². The standard InChI is InChI=1S/C16H22N2/c1-12-14-6-7-16(12)15(10-14)5-3-2-4-13(11-18)8-9-17/h6-7,12-16H,2-5,8,10H2,1H3/t12-,13?,14?,15?,16?/m0/s1. The van der Waals surface area contributed by atoms with Crippen LogP contribution in [0.25, 0.3) is 0 Å². The smallest absolute Gasteiger partial charge is 0.0666 e. The minimum atomic E-state index is -0.0474. The first-order valence-electron chi connectivity index (χ1n) is 7.21. The molecule has 2 heteroatoms. The maximum atomic E-state index is 8.88. The summed E-state index contributed by atoms with van der Waals surface area (Å²) in [6.45, 7) is 2.38. The molecule has 0 amide bonds. The molecule has 0 aliphatic heterocycles. The van der Waals surface area contributed by atoms with Crippen LogP contribution in [-0.2, 0) is 0 Å². The summed E-state index contributed by atoms with van der Waals surface area (Å²) in [6, 6.07) is 4.33. The van der Waals surface area contributed by atoms with Gasteiger partial charge in [-0.05, 0) is 42.9 Å². The fourth-order valence-electron chi connectivity index (χ4n) is 3.72. The monoisotopic (exact) mass is 242 g/mol. The molecule has 2 rings (SSSR count). The van der Waals surface area contributed by atoms with E-state index in [2.05, 4.69) is 31.2 Å². The third-order valence-electron chi connectivity index (χ3n) is 4.88. The summed E-state index contributed by atoms with van der Waals surface area (Å²) in [4.78, 5) is 0. The van der Waals surface area contributed by atoms with E-state index in [1.807, 2.05) is 0 Å². The third-order valence-corrected chi connectivity index (χ3v) is 4.88. The molecule has 0 saturated heterocycles. The van der Waals surface area contributed by atoms with Crippen LogP contribution in [-0.4, -0.2) is 0 Å². The van der Waals surface area contributed by atoms with E-state index >= 15 is 0 Å². The van der Waals surface area contributed by atoms with Gasteiger partial charge in [0, 0.05) is 0 Å². The highest BCUT2D eigenvalue weighted by atomic mass is 14.5. The molecule has 0 aromatic rings. The Hall–Kier alpha value is -1.28. The zero-order chi connectivity index (χ0) is 13.0. The van der Waals surface area contributed by atoms with Gasteiger partial charge < -0.3 is 0 Å². The Morgan fingerprint density at radius 1 is 1.28 bits per heavy atom. The van der Waals surface area contributed by atoms with Gasteiger partial charge in [-0.3, -0.25) is 0 Å². The topological polar surface area (TPSA) is 47.6 Å². The number of fused-ring (bicyclic) bond motifs is 2. The van der Waals surface area contributed by atoms with Crippen molar-refractivity contribution in [2.75, 3.05) is 0 Å². The van der Waals surface area contributed by atoms with Gasteiger partial charge in [-0.25, -0.2) is 0 Å². The van der Waals surface area contributed by atoms with Crippen molar-refractivity contribution in [3.05, 3.63) is 12.2 Å². The van der Waals surface area contributed by atoms with E-state index in [0.29, 0.717) is 6.42 Å². The van der Waals surface area contributed by atoms with Crippen LogP contribution in [0.15, 0.2) is 12.2 Å². The van der Waals surface area contributed by atoms with Crippen LogP contribution in [0.1, 0.15) is 45.4 Å². The van der Waals surface area contributed by atoms with Crippen molar-refractivity contribution < 1.29 is 0 Å². The number of nitrogens with zero attached hydrogens (tertiary/aromatic N) is 2. The van der Waals surface area contributed by atoms with E-state index in [9.17, 15) is 0 Å². The van der Waals surface area contributed by atoms with E-state index in [-0.39, 0.29) is 5.92 Å². The molecule has 2 nitrogen and oxygen atoms in total. The number of rotatable bonds is 6. The molecular weight excluding hydrogens is 220 g/mol. The van der Waals surface area contributed by atoms with E-state index in [4.69, 9.17) is 10.5 Å². The first-order valence-corrected chi connectivity index (χ1v) is 7.21. The molecule has 0 N–H and O–H groups in total. The largest absolute Gasteiger partial charge is 0.198 e. The minimum Gasteiger partial charge on any atom is -0.198 e. The molecule has 0 aromatic heterocycles. The summed E-state index contributed by atoms with van der Waals surface area (Å²) in [5.41, 5.74) is 0. The zero-order valence-corrected chi connectivity index (χ0v) is 11.2. The average molecular weight is 242 g/mol. The highest BCUT2D eigenvalue weighted by Gasteiger charge is 2.41. The lowest BCUT2D eigenvalue weighted by atomic mass is 9.87. The van der Waals surface area contributed by atoms with Crippen molar-refractivity contribution in [3.8, 4) is 12.1 Å². The second-order valence-corrected chi connectivity index (χ2v) is 5.95. The molecule has 0 heterocycles. The molecule has 1 fully saturated rings. The van der Waals surface area contributed by atoms with Crippen LogP contribution in [0.4, 0.5) is 0 Å². The second-order valence-electron chi connectivity index (χ2n) is 5.95. The van der Waals surface area contributed by atoms with Gasteiger partial charge in [0.15, 0.2) is 0 Å². The molecule has 0 radical (unpaired) electrons. The predicted molar refractivity (Wildman–Crippen MR) is 71.2 cm³/mol. The maximum absolute atomic E-state index is 8.88. The summed E-state index contributed by atoms with van der Waals surface area (Å²) in [7, 11) is 0. The summed E-state index contributed by atoms with van der Waals surface area (Å²) < 4.78 is 0. The lowest BCUT2D eigenvalue weighted by Crippen LogP contribution is -2.09. The van der Waals surface area contributed by atoms with E-state index in [0.717, 1.165) is 36.5 Å². The van der Waals surface area contributed by atoms with Crippen LogP contribution < -0.4 is 0 Å². The molecule has 96 valence electrons. The first kappa shape index (κ1) is 13.2. The Morgan fingerprint density at radius 2 is 2.11 bits per heavy atom. The maximum Gasteiger partial charge on any atom is 0.0666 e. The SMILES string of the molecule is C[C@H]1C2C=CC1C(CCCCC(C#N)CC#N)C2. The van der Waals surface area contributed by atoms with Crippen LogP contribution in [0.5, 0.6) is 0 Å². The number of nitriles is 2. The molecule has 5 atom stereocenters. The molecular formula is C16H22N2.